The molecule has 0 radical (unpaired) electrons. The molecule has 16 aromatic rings. The molecule has 5 heterocycles. The maximum absolute atomic E-state index is 9.63. The number of furan rings is 2. The minimum absolute atomic E-state index is 0.133. The van der Waals surface area contributed by atoms with E-state index in [0.717, 1.165) is 155 Å². The van der Waals surface area contributed by atoms with Gasteiger partial charge in [-0.1, -0.05) is 265 Å². The molecule has 2 aliphatic heterocycles. The molecule has 486 valence electrons. The fourth-order valence-corrected chi connectivity index (χ4v) is 15.9. The highest BCUT2D eigenvalue weighted by Crippen LogP contribution is 2.55. The van der Waals surface area contributed by atoms with Crippen LogP contribution in [-0.4, -0.2) is 11.3 Å². The van der Waals surface area contributed by atoms with Crippen LogP contribution in [0.25, 0.3) is 116 Å². The van der Waals surface area contributed by atoms with E-state index in [4.69, 9.17) is 12.9 Å². The van der Waals surface area contributed by atoms with E-state index >= 15 is 0 Å². The summed E-state index contributed by atoms with van der Waals surface area (Å²) in [5, 5.41) is 6.15. The van der Waals surface area contributed by atoms with Gasteiger partial charge in [-0.15, -0.1) is 0 Å². The van der Waals surface area contributed by atoms with Crippen molar-refractivity contribution in [2.75, 3.05) is 9.80 Å². The predicted octanol–water partition coefficient (Wildman–Crippen LogP) is 24.5. The van der Waals surface area contributed by atoms with Gasteiger partial charge in [-0.2, -0.15) is 0 Å². The molecule has 100 heavy (non-hydrogen) atoms. The van der Waals surface area contributed by atoms with Crippen molar-refractivity contribution in [2.45, 2.75) is 105 Å². The third kappa shape index (κ3) is 9.80. The zero-order chi connectivity index (χ0) is 72.8. The summed E-state index contributed by atoms with van der Waals surface area (Å²) >= 11 is 0. The number of benzene rings is 13. The maximum Gasteiger partial charge on any atom is 0.252 e. The number of nitrogens with zero attached hydrogens (tertiary/aromatic N) is 3. The lowest BCUT2D eigenvalue weighted by molar-refractivity contribution is 0.569. The molecular weight excluding hydrogens is 1210 g/mol. The van der Waals surface area contributed by atoms with Crippen LogP contribution in [0.15, 0.2) is 276 Å². The summed E-state index contributed by atoms with van der Waals surface area (Å²) in [4.78, 5) is 5.02. The van der Waals surface area contributed by atoms with Crippen LogP contribution in [0.1, 0.15) is 112 Å². The van der Waals surface area contributed by atoms with Gasteiger partial charge in [-0.05, 0) is 184 Å². The highest BCUT2D eigenvalue weighted by atomic mass is 16.3. The Hall–Kier alpha value is -11.1. The molecule has 0 saturated carbocycles. The molecule has 6 heteroatoms. The Balaban J connectivity index is 1.07. The van der Waals surface area contributed by atoms with Crippen LogP contribution < -0.4 is 26.2 Å². The van der Waals surface area contributed by atoms with Gasteiger partial charge in [0.1, 0.15) is 22.3 Å². The van der Waals surface area contributed by atoms with Gasteiger partial charge in [0.25, 0.3) is 6.71 Å². The Labute approximate surface area is 593 Å². The van der Waals surface area contributed by atoms with Gasteiger partial charge in [-0.3, -0.25) is 0 Å². The molecule has 0 atom stereocenters. The number of aromatic nitrogens is 1. The summed E-state index contributed by atoms with van der Waals surface area (Å²) in [5.41, 5.74) is 25.6. The Morgan fingerprint density at radius 3 is 1.47 bits per heavy atom. The van der Waals surface area contributed by atoms with Crippen LogP contribution >= 0.6 is 0 Å². The number of hydrogen-bond acceptors (Lipinski definition) is 4. The number of fused-ring (bicyclic) bond motifs is 13. The minimum Gasteiger partial charge on any atom is -0.456 e. The first-order valence-corrected chi connectivity index (χ1v) is 35.1. The van der Waals surface area contributed by atoms with Crippen molar-refractivity contribution >= 4 is 123 Å². The number of rotatable bonds is 7. The van der Waals surface area contributed by atoms with E-state index in [9.17, 15) is 2.74 Å². The first-order valence-electron chi connectivity index (χ1n) is 37.6. The summed E-state index contributed by atoms with van der Waals surface area (Å²) in [5.74, 6) is 0. The van der Waals surface area contributed by atoms with Gasteiger partial charge in [0.15, 0.2) is 0 Å². The van der Waals surface area contributed by atoms with Gasteiger partial charge in [-0.25, -0.2) is 0 Å². The van der Waals surface area contributed by atoms with Crippen molar-refractivity contribution in [3.8, 4) is 50.2 Å². The molecular formula is C94H80BN3O2. The van der Waals surface area contributed by atoms with E-state index in [1.165, 1.54) is 22.3 Å². The summed E-state index contributed by atoms with van der Waals surface area (Å²) in [6.07, 6.45) is 0. The highest BCUT2D eigenvalue weighted by Gasteiger charge is 2.46. The zero-order valence-corrected chi connectivity index (χ0v) is 58.8. The lowest BCUT2D eigenvalue weighted by Gasteiger charge is -2.45. The standard InChI is InChI=1S/C94H80BN3O2/c1-91(2,3)64-38-43-76-72(53-64)73-54-65(92(4,5)6)39-44-77(73)96(76)68-55-81-89-82(56-68)98(90-69(59-30-20-15-21-31-59)40-45-85-88(90)71-33-23-25-35-84(71)99-85)79-49-61(62-46-66(93(7,8)9)52-67(47-62)94(10,11)12)36-41-74(79)95(89)75-48-60(57-26-16-13-17-27-57)37-42-78(75)97(81)80-50-63(58-28-18-14-19-29-58)51-86-87(80)70-32-22-24-34-83(70)100-86/h13-56H,1-12H3/i13D,16D,17D,26D,27D. The van der Waals surface area contributed by atoms with Crippen LogP contribution in [-0.2, 0) is 21.7 Å². The summed E-state index contributed by atoms with van der Waals surface area (Å²) in [6, 6.07) is 84.5. The van der Waals surface area contributed by atoms with Crippen molar-refractivity contribution in [1.29, 1.82) is 0 Å². The number of hydrogen-bond donors (Lipinski definition) is 0. The lowest BCUT2D eigenvalue weighted by atomic mass is 9.33. The van der Waals surface area contributed by atoms with Crippen LogP contribution in [0.3, 0.4) is 0 Å². The quantitative estimate of drug-likeness (QED) is 0.149. The predicted molar refractivity (Wildman–Crippen MR) is 426 cm³/mol. The molecule has 0 bridgehead atoms. The molecule has 3 aromatic heterocycles. The monoisotopic (exact) mass is 1300 g/mol. The first kappa shape index (κ1) is 55.9. The molecule has 0 fully saturated rings. The van der Waals surface area contributed by atoms with E-state index in [2.05, 4.69) is 304 Å². The van der Waals surface area contributed by atoms with Crippen molar-refractivity contribution in [3.63, 3.8) is 0 Å². The summed E-state index contributed by atoms with van der Waals surface area (Å²) in [7, 11) is 0. The molecule has 0 unspecified atom stereocenters. The Morgan fingerprint density at radius 1 is 0.320 bits per heavy atom. The fraction of sp³-hybridized carbons (Fsp3) is 0.170. The van der Waals surface area contributed by atoms with E-state index in [1.54, 1.807) is 0 Å². The van der Waals surface area contributed by atoms with E-state index in [1.807, 2.05) is 30.3 Å². The van der Waals surface area contributed by atoms with Crippen LogP contribution in [0.2, 0.25) is 0 Å². The van der Waals surface area contributed by atoms with E-state index in [-0.39, 0.29) is 39.3 Å². The molecule has 2 aliphatic rings. The Bertz CT molecular complexity index is 6220. The van der Waals surface area contributed by atoms with Crippen molar-refractivity contribution < 1.29 is 15.7 Å². The first-order chi connectivity index (χ1) is 50.2. The average Bonchev–Trinajstić information content (AvgIpc) is 1.52. The molecule has 18 rings (SSSR count). The van der Waals surface area contributed by atoms with Gasteiger partial charge in [0, 0.05) is 49.9 Å². The minimum atomic E-state index is -0.539. The van der Waals surface area contributed by atoms with Gasteiger partial charge < -0.3 is 23.2 Å². The van der Waals surface area contributed by atoms with Crippen LogP contribution in [0.5, 0.6) is 0 Å². The van der Waals surface area contributed by atoms with Crippen molar-refractivity contribution in [1.82, 2.24) is 4.57 Å². The smallest absolute Gasteiger partial charge is 0.252 e. The Kier molecular flexibility index (Phi) is 12.4. The molecule has 5 nitrogen and oxygen atoms in total. The molecule has 0 aliphatic carbocycles. The summed E-state index contributed by atoms with van der Waals surface area (Å²) in [6.45, 7) is 27.0. The van der Waals surface area contributed by atoms with Gasteiger partial charge in [0.2, 0.25) is 0 Å². The second-order valence-electron chi connectivity index (χ2n) is 31.8. The van der Waals surface area contributed by atoms with E-state index in [0.29, 0.717) is 5.56 Å². The van der Waals surface area contributed by atoms with E-state index < -0.39 is 24.8 Å². The van der Waals surface area contributed by atoms with Crippen LogP contribution in [0.4, 0.5) is 34.1 Å². The molecule has 0 spiro atoms. The normalized spacial score (nSPS) is 14.0. The topological polar surface area (TPSA) is 37.7 Å². The van der Waals surface area contributed by atoms with Crippen molar-refractivity contribution in [3.05, 3.63) is 289 Å². The Morgan fingerprint density at radius 2 is 0.850 bits per heavy atom. The third-order valence-corrected chi connectivity index (χ3v) is 21.2. The summed E-state index contributed by atoms with van der Waals surface area (Å²) < 4.78 is 63.0. The highest BCUT2D eigenvalue weighted by molar-refractivity contribution is 7.00. The van der Waals surface area contributed by atoms with Crippen LogP contribution in [0, 0.1) is 0 Å². The SMILES string of the molecule is [2H]c1c([2H])c([2H])c(-c2ccc3c(c2)B2c4ccc(-c5cc(C(C)(C)C)cc(C(C)(C)C)c5)cc4N(c4c(-c5ccccc5)ccc5oc6ccccc6c45)c4cc(-n5c6ccc(C(C)(C)C)cc6c6cc(C(C)(C)C)ccc65)cc(c42)N3c2cc(-c3ccccc3)cc3oc4ccccc4c23)c([2H])c1[2H]. The third-order valence-electron chi connectivity index (χ3n) is 21.2. The maximum atomic E-state index is 9.63. The van der Waals surface area contributed by atoms with Crippen molar-refractivity contribution in [2.24, 2.45) is 0 Å². The van der Waals surface area contributed by atoms with Gasteiger partial charge >= 0.3 is 0 Å². The second kappa shape index (κ2) is 22.2. The molecule has 0 amide bonds. The lowest BCUT2D eigenvalue weighted by Crippen LogP contribution is -2.61. The average molecular weight is 1300 g/mol. The fourth-order valence-electron chi connectivity index (χ4n) is 15.9. The number of anilines is 6. The second-order valence-corrected chi connectivity index (χ2v) is 31.8. The molecule has 13 aromatic carbocycles. The number of para-hydroxylation sites is 2. The molecule has 0 saturated heterocycles. The molecule has 0 N–H and O–H groups in total. The van der Waals surface area contributed by atoms with Gasteiger partial charge in [0.05, 0.1) is 45.7 Å². The largest absolute Gasteiger partial charge is 0.456 e. The zero-order valence-electron chi connectivity index (χ0n) is 63.8.